The molecule has 1 aliphatic heterocycles. The van der Waals surface area contributed by atoms with Crippen molar-refractivity contribution < 1.29 is 24.2 Å². The third-order valence-corrected chi connectivity index (χ3v) is 4.97. The molecule has 0 aliphatic carbocycles. The summed E-state index contributed by atoms with van der Waals surface area (Å²) in [6.45, 7) is 4.19. The van der Waals surface area contributed by atoms with Gasteiger partial charge in [-0.05, 0) is 43.3 Å². The molecule has 2 amide bonds. The van der Waals surface area contributed by atoms with Crippen LogP contribution >= 0.6 is 0 Å². The van der Waals surface area contributed by atoms with Crippen LogP contribution in [0.2, 0.25) is 0 Å². The number of aromatic nitrogens is 3. The summed E-state index contributed by atoms with van der Waals surface area (Å²) in [5.41, 5.74) is 1.50. The molecule has 34 heavy (non-hydrogen) atoms. The van der Waals surface area contributed by atoms with Gasteiger partial charge < -0.3 is 30.1 Å². The van der Waals surface area contributed by atoms with Gasteiger partial charge in [0.05, 0.1) is 31.7 Å². The number of pyridine rings is 1. The topological polar surface area (TPSA) is 139 Å². The van der Waals surface area contributed by atoms with E-state index in [1.54, 1.807) is 49.5 Å². The van der Waals surface area contributed by atoms with E-state index in [1.165, 1.54) is 6.20 Å². The molecule has 11 nitrogen and oxygen atoms in total. The molecule has 3 aromatic rings. The fraction of sp³-hybridized carbons (Fsp3) is 0.261. The second-order valence-corrected chi connectivity index (χ2v) is 7.28. The van der Waals surface area contributed by atoms with Crippen molar-refractivity contribution in [1.29, 1.82) is 0 Å². The number of nitrogens with one attached hydrogen (secondary N) is 2. The van der Waals surface area contributed by atoms with Crippen molar-refractivity contribution in [1.82, 2.24) is 15.0 Å². The molecule has 2 aromatic heterocycles. The summed E-state index contributed by atoms with van der Waals surface area (Å²) in [7, 11) is 0. The maximum atomic E-state index is 12.2. The lowest BCUT2D eigenvalue weighted by Crippen LogP contribution is -2.37. The number of anilines is 3. The van der Waals surface area contributed by atoms with Gasteiger partial charge in [-0.3, -0.25) is 4.98 Å². The molecule has 1 saturated heterocycles. The van der Waals surface area contributed by atoms with Crippen LogP contribution in [0.3, 0.4) is 0 Å². The minimum Gasteiger partial charge on any atom is -0.488 e. The Balaban J connectivity index is 1.59. The zero-order chi connectivity index (χ0) is 23.9. The number of carboxylic acids is 1. The number of carboxylic acid groups (broad SMARTS) is 1. The summed E-state index contributed by atoms with van der Waals surface area (Å²) in [5.74, 6) is -0.391. The smallest absolute Gasteiger partial charge is 0.358 e. The molecular weight excluding hydrogens is 440 g/mol. The zero-order valence-electron chi connectivity index (χ0n) is 18.5. The van der Waals surface area contributed by atoms with Gasteiger partial charge in [-0.15, -0.1) is 0 Å². The highest BCUT2D eigenvalue weighted by Crippen LogP contribution is 2.33. The van der Waals surface area contributed by atoms with Gasteiger partial charge >= 0.3 is 12.0 Å². The predicted molar refractivity (Wildman–Crippen MR) is 126 cm³/mol. The van der Waals surface area contributed by atoms with Crippen LogP contribution in [0.15, 0.2) is 48.8 Å². The molecule has 0 bridgehead atoms. The number of ether oxygens (including phenoxy) is 2. The number of aromatic carboxylic acids is 1. The Morgan fingerprint density at radius 2 is 1.82 bits per heavy atom. The van der Waals surface area contributed by atoms with E-state index in [0.29, 0.717) is 49.1 Å². The Hall–Kier alpha value is -4.25. The van der Waals surface area contributed by atoms with Gasteiger partial charge in [0.25, 0.3) is 0 Å². The van der Waals surface area contributed by atoms with Gasteiger partial charge in [-0.1, -0.05) is 0 Å². The number of rotatable bonds is 7. The third kappa shape index (κ3) is 5.38. The van der Waals surface area contributed by atoms with Crippen molar-refractivity contribution in [3.63, 3.8) is 0 Å². The predicted octanol–water partition coefficient (Wildman–Crippen LogP) is 3.12. The van der Waals surface area contributed by atoms with Gasteiger partial charge in [-0.25, -0.2) is 19.6 Å². The van der Waals surface area contributed by atoms with E-state index in [0.717, 1.165) is 0 Å². The number of amides is 2. The lowest BCUT2D eigenvalue weighted by Gasteiger charge is -2.29. The highest BCUT2D eigenvalue weighted by molar-refractivity contribution is 5.99. The SMILES string of the molecule is CCOc1c(C(=O)O)nc(-c2ccc(NC(=O)Nc3cccnc3)cc2)nc1N1CCOCC1. The van der Waals surface area contributed by atoms with Crippen LogP contribution in [0.1, 0.15) is 17.4 Å². The highest BCUT2D eigenvalue weighted by Gasteiger charge is 2.26. The average molecular weight is 464 g/mol. The second kappa shape index (κ2) is 10.6. The van der Waals surface area contributed by atoms with Crippen LogP contribution in [-0.4, -0.2) is 65.0 Å². The monoisotopic (exact) mass is 464 g/mol. The first-order valence-electron chi connectivity index (χ1n) is 10.7. The molecule has 0 radical (unpaired) electrons. The summed E-state index contributed by atoms with van der Waals surface area (Å²) in [5, 5.41) is 15.2. The quantitative estimate of drug-likeness (QED) is 0.481. The number of carbonyl (C=O) groups is 2. The van der Waals surface area contributed by atoms with Crippen molar-refractivity contribution in [2.24, 2.45) is 0 Å². The van der Waals surface area contributed by atoms with Crippen molar-refractivity contribution >= 4 is 29.2 Å². The van der Waals surface area contributed by atoms with Crippen molar-refractivity contribution in [2.75, 3.05) is 48.4 Å². The number of morpholine rings is 1. The van der Waals surface area contributed by atoms with Gasteiger partial charge in [0.1, 0.15) is 0 Å². The molecule has 3 heterocycles. The van der Waals surface area contributed by atoms with Crippen molar-refractivity contribution in [2.45, 2.75) is 6.92 Å². The van der Waals surface area contributed by atoms with Crippen molar-refractivity contribution in [3.05, 3.63) is 54.5 Å². The Morgan fingerprint density at radius 1 is 1.09 bits per heavy atom. The largest absolute Gasteiger partial charge is 0.488 e. The summed E-state index contributed by atoms with van der Waals surface area (Å²) >= 11 is 0. The van der Waals surface area contributed by atoms with E-state index in [-0.39, 0.29) is 23.9 Å². The number of carbonyl (C=O) groups excluding carboxylic acids is 1. The molecule has 1 aliphatic rings. The Morgan fingerprint density at radius 3 is 2.47 bits per heavy atom. The number of hydrogen-bond donors (Lipinski definition) is 3. The molecular formula is C23H24N6O5. The normalized spacial score (nSPS) is 13.3. The summed E-state index contributed by atoms with van der Waals surface area (Å²) in [4.78, 5) is 39.0. The highest BCUT2D eigenvalue weighted by atomic mass is 16.5. The molecule has 0 spiro atoms. The van der Waals surface area contributed by atoms with Crippen LogP contribution in [0, 0.1) is 0 Å². The number of nitrogens with zero attached hydrogens (tertiary/aromatic N) is 4. The first kappa shape index (κ1) is 22.9. The van der Waals surface area contributed by atoms with Crippen LogP contribution in [-0.2, 0) is 4.74 Å². The lowest BCUT2D eigenvalue weighted by molar-refractivity contribution is 0.0685. The maximum absolute atomic E-state index is 12.2. The van der Waals surface area contributed by atoms with Crippen molar-refractivity contribution in [3.8, 4) is 17.1 Å². The van der Waals surface area contributed by atoms with E-state index in [1.807, 2.05) is 4.90 Å². The number of benzene rings is 1. The fourth-order valence-electron chi connectivity index (χ4n) is 3.41. The Labute approximate surface area is 195 Å². The number of urea groups is 1. The second-order valence-electron chi connectivity index (χ2n) is 7.28. The first-order valence-corrected chi connectivity index (χ1v) is 10.7. The minimum absolute atomic E-state index is 0.144. The summed E-state index contributed by atoms with van der Waals surface area (Å²) < 4.78 is 11.0. The van der Waals surface area contributed by atoms with E-state index >= 15 is 0 Å². The molecule has 1 aromatic carbocycles. The Kier molecular flexibility index (Phi) is 7.13. The molecule has 3 N–H and O–H groups in total. The molecule has 0 unspecified atom stereocenters. The summed E-state index contributed by atoms with van der Waals surface area (Å²) in [6.07, 6.45) is 3.16. The standard InChI is InChI=1S/C23H24N6O5/c1-2-34-19-18(22(30)31)27-20(28-21(19)29-10-12-33-13-11-29)15-5-7-16(8-6-15)25-23(32)26-17-4-3-9-24-14-17/h3-9,14H,2,10-13H2,1H3,(H,30,31)(H2,25,26,32). The van der Waals surface area contributed by atoms with Crippen LogP contribution in [0.5, 0.6) is 5.75 Å². The van der Waals surface area contributed by atoms with E-state index in [4.69, 9.17) is 9.47 Å². The van der Waals surface area contributed by atoms with Gasteiger partial charge in [0.15, 0.2) is 23.1 Å². The minimum atomic E-state index is -1.20. The molecule has 0 saturated carbocycles. The van der Waals surface area contributed by atoms with Gasteiger partial charge in [-0.2, -0.15) is 0 Å². The maximum Gasteiger partial charge on any atom is 0.358 e. The van der Waals surface area contributed by atoms with Crippen LogP contribution < -0.4 is 20.3 Å². The van der Waals surface area contributed by atoms with Gasteiger partial charge in [0, 0.05) is 30.5 Å². The zero-order valence-corrected chi connectivity index (χ0v) is 18.5. The van der Waals surface area contributed by atoms with Gasteiger partial charge in [0.2, 0.25) is 0 Å². The first-order chi connectivity index (χ1) is 16.5. The number of hydrogen-bond acceptors (Lipinski definition) is 8. The van der Waals surface area contributed by atoms with E-state index in [9.17, 15) is 14.7 Å². The molecule has 176 valence electrons. The van der Waals surface area contributed by atoms with Crippen LogP contribution in [0.4, 0.5) is 22.0 Å². The van der Waals surface area contributed by atoms with Crippen LogP contribution in [0.25, 0.3) is 11.4 Å². The fourth-order valence-corrected chi connectivity index (χ4v) is 3.41. The Bertz CT molecular complexity index is 1150. The molecule has 1 fully saturated rings. The molecule has 11 heteroatoms. The average Bonchev–Trinajstić information content (AvgIpc) is 2.86. The molecule has 4 rings (SSSR count). The molecule has 0 atom stereocenters. The van der Waals surface area contributed by atoms with E-state index in [2.05, 4.69) is 25.6 Å². The summed E-state index contributed by atoms with van der Waals surface area (Å²) in [6, 6.07) is 9.83. The lowest BCUT2D eigenvalue weighted by atomic mass is 10.2. The third-order valence-electron chi connectivity index (χ3n) is 4.97. The van der Waals surface area contributed by atoms with E-state index < -0.39 is 12.0 Å².